The molecule has 0 radical (unpaired) electrons. The van der Waals surface area contributed by atoms with Crippen LogP contribution in [0.3, 0.4) is 0 Å². The molecule has 0 bridgehead atoms. The van der Waals surface area contributed by atoms with Crippen LogP contribution in [0.4, 0.5) is 0 Å². The molecular weight excluding hydrogens is 246 g/mol. The molecule has 0 saturated heterocycles. The minimum absolute atomic E-state index is 0.00579. The van der Waals surface area contributed by atoms with Crippen molar-refractivity contribution >= 4 is 11.3 Å². The van der Waals surface area contributed by atoms with E-state index in [4.69, 9.17) is 15.2 Å². The van der Waals surface area contributed by atoms with Gasteiger partial charge in [-0.25, -0.2) is 0 Å². The van der Waals surface area contributed by atoms with Crippen molar-refractivity contribution in [1.82, 2.24) is 0 Å². The van der Waals surface area contributed by atoms with Gasteiger partial charge in [-0.1, -0.05) is 0 Å². The molecule has 94 valence electrons. The Morgan fingerprint density at radius 1 is 1.39 bits per heavy atom. The van der Waals surface area contributed by atoms with E-state index in [1.54, 1.807) is 18.4 Å². The van der Waals surface area contributed by atoms with Crippen LogP contribution in [0.15, 0.2) is 35.0 Å². The molecule has 0 saturated carbocycles. The van der Waals surface area contributed by atoms with Gasteiger partial charge in [0.05, 0.1) is 7.11 Å². The summed E-state index contributed by atoms with van der Waals surface area (Å²) in [5.74, 6) is 1.69. The lowest BCUT2D eigenvalue weighted by atomic mass is 9.94. The summed E-state index contributed by atoms with van der Waals surface area (Å²) < 4.78 is 11.2. The smallest absolute Gasteiger partial charge is 0.126 e. The van der Waals surface area contributed by atoms with Crippen LogP contribution in [-0.2, 0) is 0 Å². The fraction of sp³-hybridized carbons (Fsp3) is 0.286. The lowest BCUT2D eigenvalue weighted by Crippen LogP contribution is -2.23. The molecule has 1 aromatic heterocycles. The van der Waals surface area contributed by atoms with Gasteiger partial charge in [-0.05, 0) is 35.0 Å². The van der Waals surface area contributed by atoms with E-state index in [-0.39, 0.29) is 12.1 Å². The summed E-state index contributed by atoms with van der Waals surface area (Å²) >= 11 is 1.68. The van der Waals surface area contributed by atoms with Crippen LogP contribution >= 0.6 is 11.3 Å². The van der Waals surface area contributed by atoms with E-state index >= 15 is 0 Å². The van der Waals surface area contributed by atoms with E-state index in [1.165, 1.54) is 5.56 Å². The maximum atomic E-state index is 6.23. The van der Waals surface area contributed by atoms with Crippen LogP contribution < -0.4 is 15.2 Å². The lowest BCUT2D eigenvalue weighted by Gasteiger charge is -2.30. The van der Waals surface area contributed by atoms with Crippen molar-refractivity contribution in [2.24, 2.45) is 5.73 Å². The number of thiophene rings is 1. The van der Waals surface area contributed by atoms with Crippen LogP contribution in [0.2, 0.25) is 0 Å². The summed E-state index contributed by atoms with van der Waals surface area (Å²) in [6.45, 7) is 0. The van der Waals surface area contributed by atoms with Gasteiger partial charge in [-0.2, -0.15) is 11.3 Å². The van der Waals surface area contributed by atoms with Gasteiger partial charge in [-0.3, -0.25) is 0 Å². The number of rotatable bonds is 2. The summed E-state index contributed by atoms with van der Waals surface area (Å²) in [4.78, 5) is 0. The minimum atomic E-state index is -0.00579. The Kier molecular flexibility index (Phi) is 2.97. The summed E-state index contributed by atoms with van der Waals surface area (Å²) in [5.41, 5.74) is 8.47. The standard InChI is InChI=1S/C14H15NO2S/c1-16-10-2-3-13-11(6-10)12(15)7-14(17-13)9-4-5-18-8-9/h2-6,8,12,14H,7,15H2,1H3. The number of hydrogen-bond acceptors (Lipinski definition) is 4. The Morgan fingerprint density at radius 2 is 2.28 bits per heavy atom. The zero-order valence-corrected chi connectivity index (χ0v) is 10.9. The molecule has 18 heavy (non-hydrogen) atoms. The quantitative estimate of drug-likeness (QED) is 0.902. The van der Waals surface area contributed by atoms with Crippen molar-refractivity contribution in [3.8, 4) is 11.5 Å². The van der Waals surface area contributed by atoms with Crippen LogP contribution in [0.25, 0.3) is 0 Å². The maximum Gasteiger partial charge on any atom is 0.126 e. The molecule has 2 unspecified atom stereocenters. The van der Waals surface area contributed by atoms with Crippen LogP contribution in [0, 0.1) is 0 Å². The summed E-state index contributed by atoms with van der Waals surface area (Å²) in [6, 6.07) is 7.89. The number of ether oxygens (including phenoxy) is 2. The number of fused-ring (bicyclic) bond motifs is 1. The predicted molar refractivity (Wildman–Crippen MR) is 72.2 cm³/mol. The Morgan fingerprint density at radius 3 is 3.00 bits per heavy atom. The normalized spacial score (nSPS) is 22.1. The van der Waals surface area contributed by atoms with Gasteiger partial charge in [0.15, 0.2) is 0 Å². The van der Waals surface area contributed by atoms with E-state index in [0.717, 1.165) is 23.5 Å². The van der Waals surface area contributed by atoms with Gasteiger partial charge in [0.2, 0.25) is 0 Å². The highest BCUT2D eigenvalue weighted by atomic mass is 32.1. The maximum absolute atomic E-state index is 6.23. The first-order chi connectivity index (χ1) is 8.78. The Bertz CT molecular complexity index is 539. The van der Waals surface area contributed by atoms with E-state index in [2.05, 4.69) is 16.8 Å². The average molecular weight is 261 g/mol. The molecule has 1 aromatic carbocycles. The largest absolute Gasteiger partial charge is 0.497 e. The number of benzene rings is 1. The van der Waals surface area contributed by atoms with Crippen LogP contribution in [-0.4, -0.2) is 7.11 Å². The van der Waals surface area contributed by atoms with Gasteiger partial charge in [0, 0.05) is 23.6 Å². The van der Waals surface area contributed by atoms with E-state index in [0.29, 0.717) is 0 Å². The van der Waals surface area contributed by atoms with E-state index in [9.17, 15) is 0 Å². The predicted octanol–water partition coefficient (Wildman–Crippen LogP) is 3.28. The number of hydrogen-bond donors (Lipinski definition) is 1. The Hall–Kier alpha value is -1.52. The Labute approximate surface area is 110 Å². The third-order valence-corrected chi connectivity index (χ3v) is 3.97. The van der Waals surface area contributed by atoms with E-state index < -0.39 is 0 Å². The van der Waals surface area contributed by atoms with Crippen molar-refractivity contribution < 1.29 is 9.47 Å². The molecule has 1 aliphatic heterocycles. The lowest BCUT2D eigenvalue weighted by molar-refractivity contribution is 0.161. The molecule has 0 spiro atoms. The summed E-state index contributed by atoms with van der Waals surface area (Å²) in [6.07, 6.45) is 0.865. The summed E-state index contributed by atoms with van der Waals surface area (Å²) in [7, 11) is 1.66. The van der Waals surface area contributed by atoms with Crippen molar-refractivity contribution in [3.63, 3.8) is 0 Å². The molecule has 0 amide bonds. The average Bonchev–Trinajstić information content (AvgIpc) is 2.92. The first-order valence-corrected chi connectivity index (χ1v) is 6.84. The van der Waals surface area contributed by atoms with Gasteiger partial charge >= 0.3 is 0 Å². The molecular formula is C14H15NO2S. The molecule has 2 atom stereocenters. The molecule has 4 heteroatoms. The third kappa shape index (κ3) is 1.98. The second kappa shape index (κ2) is 4.63. The Balaban J connectivity index is 1.93. The minimum Gasteiger partial charge on any atom is -0.497 e. The highest BCUT2D eigenvalue weighted by Gasteiger charge is 2.27. The van der Waals surface area contributed by atoms with Crippen LogP contribution in [0.5, 0.6) is 11.5 Å². The molecule has 0 fully saturated rings. The fourth-order valence-corrected chi connectivity index (χ4v) is 2.97. The zero-order valence-electron chi connectivity index (χ0n) is 10.1. The molecule has 3 nitrogen and oxygen atoms in total. The summed E-state index contributed by atoms with van der Waals surface area (Å²) in [5, 5.41) is 4.18. The van der Waals surface area contributed by atoms with Crippen molar-refractivity contribution in [2.45, 2.75) is 18.6 Å². The van der Waals surface area contributed by atoms with Gasteiger partial charge in [-0.15, -0.1) is 0 Å². The number of methoxy groups -OCH3 is 1. The molecule has 1 aliphatic rings. The second-order valence-electron chi connectivity index (χ2n) is 4.41. The SMILES string of the molecule is COc1ccc2c(c1)C(N)CC(c1ccsc1)O2. The van der Waals surface area contributed by atoms with Crippen molar-refractivity contribution in [1.29, 1.82) is 0 Å². The fourth-order valence-electron chi connectivity index (χ4n) is 2.27. The highest BCUT2D eigenvalue weighted by molar-refractivity contribution is 7.07. The zero-order chi connectivity index (χ0) is 12.5. The topological polar surface area (TPSA) is 44.5 Å². The number of nitrogens with two attached hydrogens (primary N) is 1. The highest BCUT2D eigenvalue weighted by Crippen LogP contribution is 2.41. The molecule has 2 N–H and O–H groups in total. The first kappa shape index (κ1) is 11.6. The molecule has 2 heterocycles. The molecule has 2 aromatic rings. The van der Waals surface area contributed by atoms with Gasteiger partial charge < -0.3 is 15.2 Å². The van der Waals surface area contributed by atoms with Crippen LogP contribution in [0.1, 0.15) is 29.7 Å². The van der Waals surface area contributed by atoms with Crippen molar-refractivity contribution in [3.05, 3.63) is 46.2 Å². The molecule has 0 aliphatic carbocycles. The first-order valence-electron chi connectivity index (χ1n) is 5.90. The molecule has 3 rings (SSSR count). The van der Waals surface area contributed by atoms with E-state index in [1.807, 2.05) is 18.2 Å². The van der Waals surface area contributed by atoms with Gasteiger partial charge in [0.25, 0.3) is 0 Å². The third-order valence-electron chi connectivity index (χ3n) is 3.27. The second-order valence-corrected chi connectivity index (χ2v) is 5.19. The van der Waals surface area contributed by atoms with Gasteiger partial charge in [0.1, 0.15) is 17.6 Å². The monoisotopic (exact) mass is 261 g/mol. The van der Waals surface area contributed by atoms with Crippen molar-refractivity contribution in [2.75, 3.05) is 7.11 Å².